The minimum Gasteiger partial charge on any atom is -0.497 e. The molecule has 1 N–H and O–H groups in total. The second kappa shape index (κ2) is 8.23. The molecule has 0 aromatic heterocycles. The van der Waals surface area contributed by atoms with Crippen molar-refractivity contribution in [2.45, 2.75) is 25.7 Å². The van der Waals surface area contributed by atoms with E-state index in [2.05, 4.69) is 38.3 Å². The van der Waals surface area contributed by atoms with Gasteiger partial charge in [0.05, 0.1) is 7.11 Å². The van der Waals surface area contributed by atoms with E-state index in [1.54, 1.807) is 7.11 Å². The molecular weight excluding hydrogens is 439 g/mol. The third-order valence-corrected chi connectivity index (χ3v) is 6.14. The quantitative estimate of drug-likeness (QED) is 0.408. The van der Waals surface area contributed by atoms with Crippen LogP contribution >= 0.6 is 24.0 Å². The van der Waals surface area contributed by atoms with Crippen molar-refractivity contribution in [3.63, 3.8) is 0 Å². The minimum absolute atomic E-state index is 0. The number of rotatable bonds is 5. The predicted octanol–water partition coefficient (Wildman–Crippen LogP) is 3.20. The molecule has 0 spiro atoms. The average molecular weight is 470 g/mol. The van der Waals surface area contributed by atoms with Crippen LogP contribution in [0.25, 0.3) is 0 Å². The second-order valence-corrected chi connectivity index (χ2v) is 7.71. The number of hydrogen-bond acceptors (Lipinski definition) is 3. The molecule has 2 saturated carbocycles. The number of ether oxygens (including phenoxy) is 1. The van der Waals surface area contributed by atoms with Crippen molar-refractivity contribution in [2.75, 3.05) is 51.8 Å². The molecule has 2 aliphatic carbocycles. The molecule has 0 unspecified atom stereocenters. The smallest absolute Gasteiger partial charge is 0.193 e. The molecule has 0 amide bonds. The molecular formula is C20H31IN4O. The van der Waals surface area contributed by atoms with Crippen molar-refractivity contribution >= 4 is 35.6 Å². The van der Waals surface area contributed by atoms with E-state index >= 15 is 0 Å². The van der Waals surface area contributed by atoms with E-state index in [-0.39, 0.29) is 24.0 Å². The van der Waals surface area contributed by atoms with Gasteiger partial charge in [0.25, 0.3) is 0 Å². The van der Waals surface area contributed by atoms with Crippen molar-refractivity contribution in [1.29, 1.82) is 0 Å². The lowest BCUT2D eigenvalue weighted by molar-refractivity contribution is 0.359. The third kappa shape index (κ3) is 4.21. The summed E-state index contributed by atoms with van der Waals surface area (Å²) in [5.74, 6) is 2.99. The molecule has 0 radical (unpaired) electrons. The molecule has 1 aromatic rings. The first kappa shape index (κ1) is 19.6. The Morgan fingerprint density at radius 2 is 1.96 bits per heavy atom. The predicted molar refractivity (Wildman–Crippen MR) is 118 cm³/mol. The van der Waals surface area contributed by atoms with Gasteiger partial charge in [-0.1, -0.05) is 6.07 Å². The van der Waals surface area contributed by atoms with E-state index in [9.17, 15) is 0 Å². The summed E-state index contributed by atoms with van der Waals surface area (Å²) in [6, 6.07) is 8.35. The first-order valence-electron chi connectivity index (χ1n) is 9.59. The zero-order valence-corrected chi connectivity index (χ0v) is 18.2. The van der Waals surface area contributed by atoms with Gasteiger partial charge in [0, 0.05) is 51.5 Å². The number of nitrogens with zero attached hydrogens (tertiary/aromatic N) is 3. The monoisotopic (exact) mass is 470 g/mol. The Morgan fingerprint density at radius 1 is 1.23 bits per heavy atom. The molecule has 1 aliphatic heterocycles. The number of benzene rings is 1. The number of piperazine rings is 1. The van der Waals surface area contributed by atoms with Crippen molar-refractivity contribution in [2.24, 2.45) is 16.3 Å². The van der Waals surface area contributed by atoms with Gasteiger partial charge in [-0.3, -0.25) is 4.99 Å². The molecule has 0 atom stereocenters. The molecule has 1 heterocycles. The van der Waals surface area contributed by atoms with Gasteiger partial charge in [0.15, 0.2) is 5.96 Å². The average Bonchev–Trinajstić information content (AvgIpc) is 3.56. The van der Waals surface area contributed by atoms with E-state index in [0.29, 0.717) is 5.41 Å². The maximum atomic E-state index is 5.35. The Bertz CT molecular complexity index is 634. The minimum atomic E-state index is 0. The number of aliphatic imine (C=N–C) groups is 1. The lowest BCUT2D eigenvalue weighted by Crippen LogP contribution is -2.53. The summed E-state index contributed by atoms with van der Waals surface area (Å²) >= 11 is 0. The molecule has 3 aliphatic rings. The van der Waals surface area contributed by atoms with E-state index < -0.39 is 0 Å². The summed E-state index contributed by atoms with van der Waals surface area (Å²) in [5, 5.41) is 3.67. The summed E-state index contributed by atoms with van der Waals surface area (Å²) in [5.41, 5.74) is 1.85. The van der Waals surface area contributed by atoms with Crippen LogP contribution in [0.15, 0.2) is 29.3 Å². The second-order valence-electron chi connectivity index (χ2n) is 7.71. The van der Waals surface area contributed by atoms with E-state index in [0.717, 1.165) is 50.4 Å². The molecule has 1 aromatic carbocycles. The van der Waals surface area contributed by atoms with Crippen molar-refractivity contribution in [3.05, 3.63) is 24.3 Å². The van der Waals surface area contributed by atoms with Crippen LogP contribution in [0.4, 0.5) is 5.69 Å². The summed E-state index contributed by atoms with van der Waals surface area (Å²) in [6.45, 7) is 5.16. The maximum absolute atomic E-state index is 5.35. The summed E-state index contributed by atoms with van der Waals surface area (Å²) in [6.07, 6.45) is 5.70. The lowest BCUT2D eigenvalue weighted by atomic mass is 10.0. The lowest BCUT2D eigenvalue weighted by Gasteiger charge is -2.38. The van der Waals surface area contributed by atoms with Crippen LogP contribution in [0.3, 0.4) is 0 Å². The van der Waals surface area contributed by atoms with Gasteiger partial charge < -0.3 is 19.9 Å². The summed E-state index contributed by atoms with van der Waals surface area (Å²) < 4.78 is 5.35. The van der Waals surface area contributed by atoms with Crippen LogP contribution in [0.5, 0.6) is 5.75 Å². The number of anilines is 1. The summed E-state index contributed by atoms with van der Waals surface area (Å²) in [7, 11) is 3.63. The van der Waals surface area contributed by atoms with Gasteiger partial charge in [-0.05, 0) is 49.1 Å². The molecule has 6 heteroatoms. The summed E-state index contributed by atoms with van der Waals surface area (Å²) in [4.78, 5) is 9.37. The van der Waals surface area contributed by atoms with Gasteiger partial charge in [0.2, 0.25) is 0 Å². The number of methoxy groups -OCH3 is 1. The molecule has 4 rings (SSSR count). The van der Waals surface area contributed by atoms with Gasteiger partial charge in [0.1, 0.15) is 5.75 Å². The highest BCUT2D eigenvalue weighted by Crippen LogP contribution is 2.60. The largest absolute Gasteiger partial charge is 0.497 e. The van der Waals surface area contributed by atoms with Gasteiger partial charge in [-0.15, -0.1) is 24.0 Å². The number of halogens is 1. The Kier molecular flexibility index (Phi) is 6.20. The van der Waals surface area contributed by atoms with Gasteiger partial charge >= 0.3 is 0 Å². The Hall–Kier alpha value is -1.18. The number of hydrogen-bond donors (Lipinski definition) is 1. The van der Waals surface area contributed by atoms with Crippen LogP contribution in [0, 0.1) is 11.3 Å². The molecule has 3 fully saturated rings. The first-order chi connectivity index (χ1) is 12.2. The van der Waals surface area contributed by atoms with Gasteiger partial charge in [-0.25, -0.2) is 0 Å². The van der Waals surface area contributed by atoms with E-state index in [1.165, 1.54) is 31.4 Å². The fourth-order valence-corrected chi connectivity index (χ4v) is 4.16. The number of nitrogens with one attached hydrogen (secondary N) is 1. The van der Waals surface area contributed by atoms with Gasteiger partial charge in [-0.2, -0.15) is 0 Å². The van der Waals surface area contributed by atoms with E-state index in [1.807, 2.05) is 13.1 Å². The van der Waals surface area contributed by atoms with Crippen LogP contribution in [0.1, 0.15) is 25.7 Å². The molecule has 5 nitrogen and oxygen atoms in total. The molecule has 0 bridgehead atoms. The zero-order valence-electron chi connectivity index (χ0n) is 15.9. The topological polar surface area (TPSA) is 40.1 Å². The fraction of sp³-hybridized carbons (Fsp3) is 0.650. The highest BCUT2D eigenvalue weighted by Gasteiger charge is 2.53. The van der Waals surface area contributed by atoms with Crippen molar-refractivity contribution < 1.29 is 4.74 Å². The first-order valence-corrected chi connectivity index (χ1v) is 9.59. The SMILES string of the molecule is CN=C(NCC1(C2CC2)CC1)N1CCN(c2cccc(OC)c2)CC1.I. The van der Waals surface area contributed by atoms with E-state index in [4.69, 9.17) is 4.74 Å². The van der Waals surface area contributed by atoms with Crippen LogP contribution in [-0.4, -0.2) is 57.7 Å². The Balaban J connectivity index is 0.00000196. The standard InChI is InChI=1S/C20H30N4O.HI/c1-21-19(22-15-20(8-9-20)16-6-7-16)24-12-10-23(11-13-24)17-4-3-5-18(14-17)25-2;/h3-5,14,16H,6-13,15H2,1-2H3,(H,21,22);1H. The Labute approximate surface area is 174 Å². The van der Waals surface area contributed by atoms with Crippen molar-refractivity contribution in [1.82, 2.24) is 10.2 Å². The molecule has 26 heavy (non-hydrogen) atoms. The Morgan fingerprint density at radius 3 is 2.54 bits per heavy atom. The maximum Gasteiger partial charge on any atom is 0.193 e. The van der Waals surface area contributed by atoms with Crippen molar-refractivity contribution in [3.8, 4) is 5.75 Å². The highest BCUT2D eigenvalue weighted by atomic mass is 127. The number of guanidine groups is 1. The van der Waals surface area contributed by atoms with Crippen LogP contribution < -0.4 is 15.0 Å². The van der Waals surface area contributed by atoms with Crippen LogP contribution in [0.2, 0.25) is 0 Å². The third-order valence-electron chi connectivity index (χ3n) is 6.14. The molecule has 144 valence electrons. The zero-order chi connectivity index (χ0) is 17.3. The molecule has 1 saturated heterocycles. The fourth-order valence-electron chi connectivity index (χ4n) is 4.16. The normalized spacial score (nSPS) is 21.8. The highest BCUT2D eigenvalue weighted by molar-refractivity contribution is 14.0. The van der Waals surface area contributed by atoms with Crippen LogP contribution in [-0.2, 0) is 0 Å².